The van der Waals surface area contributed by atoms with Crippen LogP contribution in [0.2, 0.25) is 0 Å². The highest BCUT2D eigenvalue weighted by atomic mass is 16.6. The molecule has 2 rings (SSSR count). The first-order chi connectivity index (χ1) is 8.29. The van der Waals surface area contributed by atoms with Crippen molar-refractivity contribution in [2.24, 2.45) is 0 Å². The van der Waals surface area contributed by atoms with Crippen LogP contribution in [-0.2, 0) is 11.2 Å². The van der Waals surface area contributed by atoms with Gasteiger partial charge < -0.3 is 14.7 Å². The van der Waals surface area contributed by atoms with Gasteiger partial charge in [0.05, 0.1) is 6.61 Å². The lowest BCUT2D eigenvalue weighted by atomic mass is 10.1. The molecule has 1 saturated heterocycles. The molecule has 4 nitrogen and oxygen atoms in total. The summed E-state index contributed by atoms with van der Waals surface area (Å²) < 4.78 is 5.07. The summed E-state index contributed by atoms with van der Waals surface area (Å²) >= 11 is 0. The van der Waals surface area contributed by atoms with Crippen LogP contribution in [-0.4, -0.2) is 41.9 Å². The molecule has 1 amide bonds. The Hall–Kier alpha value is -1.55. The maximum Gasteiger partial charge on any atom is 0.410 e. The van der Waals surface area contributed by atoms with Gasteiger partial charge in [0.2, 0.25) is 0 Å². The minimum absolute atomic E-state index is 0.0851. The average molecular weight is 235 g/mol. The van der Waals surface area contributed by atoms with Crippen molar-refractivity contribution in [3.63, 3.8) is 0 Å². The van der Waals surface area contributed by atoms with Crippen molar-refractivity contribution in [1.82, 2.24) is 4.90 Å². The van der Waals surface area contributed by atoms with Gasteiger partial charge in [-0.1, -0.05) is 30.3 Å². The van der Waals surface area contributed by atoms with Gasteiger partial charge in [-0.05, 0) is 12.0 Å². The van der Waals surface area contributed by atoms with E-state index in [4.69, 9.17) is 9.84 Å². The van der Waals surface area contributed by atoms with Crippen LogP contribution in [0.4, 0.5) is 4.79 Å². The fraction of sp³-hybridized carbons (Fsp3) is 0.462. The fourth-order valence-corrected chi connectivity index (χ4v) is 1.91. The first-order valence-corrected chi connectivity index (χ1v) is 5.90. The molecule has 0 bridgehead atoms. The Morgan fingerprint density at radius 3 is 2.76 bits per heavy atom. The van der Waals surface area contributed by atoms with Crippen molar-refractivity contribution >= 4 is 6.09 Å². The van der Waals surface area contributed by atoms with E-state index < -0.39 is 0 Å². The zero-order chi connectivity index (χ0) is 12.1. The third-order valence-corrected chi connectivity index (χ3v) is 2.96. The number of rotatable bonds is 4. The third kappa shape index (κ3) is 3.20. The number of aliphatic hydroxyl groups excluding tert-OH is 1. The van der Waals surface area contributed by atoms with E-state index in [0.29, 0.717) is 19.5 Å². The van der Waals surface area contributed by atoms with E-state index in [-0.39, 0.29) is 18.8 Å². The maximum atomic E-state index is 11.6. The van der Waals surface area contributed by atoms with Gasteiger partial charge in [-0.15, -0.1) is 0 Å². The molecule has 92 valence electrons. The first-order valence-electron chi connectivity index (χ1n) is 5.90. The van der Waals surface area contributed by atoms with Crippen LogP contribution in [0.1, 0.15) is 12.0 Å². The van der Waals surface area contributed by atoms with Crippen molar-refractivity contribution in [2.45, 2.75) is 18.9 Å². The highest BCUT2D eigenvalue weighted by Crippen LogP contribution is 2.12. The summed E-state index contributed by atoms with van der Waals surface area (Å²) in [5.41, 5.74) is 1.21. The van der Waals surface area contributed by atoms with Crippen LogP contribution in [0.5, 0.6) is 0 Å². The maximum absolute atomic E-state index is 11.6. The topological polar surface area (TPSA) is 49.8 Å². The number of aliphatic hydroxyl groups is 1. The van der Waals surface area contributed by atoms with Crippen molar-refractivity contribution in [3.05, 3.63) is 35.9 Å². The lowest BCUT2D eigenvalue weighted by Crippen LogP contribution is -2.44. The normalized spacial score (nSPS) is 20.2. The Morgan fingerprint density at radius 1 is 1.35 bits per heavy atom. The Bertz CT molecular complexity index is 366. The monoisotopic (exact) mass is 235 g/mol. The van der Waals surface area contributed by atoms with Crippen molar-refractivity contribution in [3.8, 4) is 0 Å². The van der Waals surface area contributed by atoms with Crippen molar-refractivity contribution in [2.75, 3.05) is 19.7 Å². The molecular weight excluding hydrogens is 218 g/mol. The second-order valence-corrected chi connectivity index (χ2v) is 4.20. The molecule has 1 N–H and O–H groups in total. The minimum atomic E-state index is -0.324. The summed E-state index contributed by atoms with van der Waals surface area (Å²) in [6.07, 6.45) is 0.901. The molecule has 1 aliphatic heterocycles. The van der Waals surface area contributed by atoms with E-state index in [9.17, 15) is 4.79 Å². The second kappa shape index (κ2) is 5.68. The average Bonchev–Trinajstić information content (AvgIpc) is 2.38. The van der Waals surface area contributed by atoms with Crippen LogP contribution in [0, 0.1) is 0 Å². The third-order valence-electron chi connectivity index (χ3n) is 2.96. The number of carbonyl (C=O) groups is 1. The highest BCUT2D eigenvalue weighted by Gasteiger charge is 2.25. The number of hydrogen-bond acceptors (Lipinski definition) is 3. The highest BCUT2D eigenvalue weighted by molar-refractivity contribution is 5.68. The standard InChI is InChI=1S/C13H17NO3/c15-10-12-7-9-14(13(16)17-12)8-6-11-4-2-1-3-5-11/h1-5,12,15H,6-10H2. The van der Waals surface area contributed by atoms with Crippen LogP contribution < -0.4 is 0 Å². The van der Waals surface area contributed by atoms with E-state index in [1.165, 1.54) is 5.56 Å². The SMILES string of the molecule is O=C1OC(CO)CCN1CCc1ccccc1. The van der Waals surface area contributed by atoms with Gasteiger partial charge in [0.1, 0.15) is 6.10 Å². The zero-order valence-electron chi connectivity index (χ0n) is 9.71. The Labute approximate surface area is 101 Å². The molecule has 1 heterocycles. The lowest BCUT2D eigenvalue weighted by Gasteiger charge is -2.30. The van der Waals surface area contributed by atoms with Gasteiger partial charge in [-0.2, -0.15) is 0 Å². The molecule has 1 atom stereocenters. The summed E-state index contributed by atoms with van der Waals surface area (Å²) in [6, 6.07) is 10.1. The van der Waals surface area contributed by atoms with Crippen LogP contribution in [0.15, 0.2) is 30.3 Å². The van der Waals surface area contributed by atoms with Crippen LogP contribution in [0.3, 0.4) is 0 Å². The molecule has 0 spiro atoms. The number of nitrogens with zero attached hydrogens (tertiary/aromatic N) is 1. The van der Waals surface area contributed by atoms with Gasteiger partial charge in [0, 0.05) is 19.5 Å². The summed E-state index contributed by atoms with van der Waals surface area (Å²) in [4.78, 5) is 13.3. The van der Waals surface area contributed by atoms with Gasteiger partial charge >= 0.3 is 6.09 Å². The fourth-order valence-electron chi connectivity index (χ4n) is 1.91. The predicted molar refractivity (Wildman–Crippen MR) is 63.7 cm³/mol. The number of hydrogen-bond donors (Lipinski definition) is 1. The van der Waals surface area contributed by atoms with E-state index in [2.05, 4.69) is 0 Å². The first kappa shape index (κ1) is 11.9. The molecule has 0 saturated carbocycles. The number of ether oxygens (including phenoxy) is 1. The van der Waals surface area contributed by atoms with E-state index >= 15 is 0 Å². The summed E-state index contributed by atoms with van der Waals surface area (Å²) in [6.45, 7) is 1.25. The summed E-state index contributed by atoms with van der Waals surface area (Å²) in [5.74, 6) is 0. The summed E-state index contributed by atoms with van der Waals surface area (Å²) in [5, 5.41) is 8.91. The van der Waals surface area contributed by atoms with Crippen LogP contribution >= 0.6 is 0 Å². The van der Waals surface area contributed by atoms with Crippen LogP contribution in [0.25, 0.3) is 0 Å². The van der Waals surface area contributed by atoms with E-state index in [1.807, 2.05) is 30.3 Å². The lowest BCUT2D eigenvalue weighted by molar-refractivity contribution is -0.000618. The summed E-state index contributed by atoms with van der Waals surface area (Å²) in [7, 11) is 0. The Balaban J connectivity index is 1.82. The van der Waals surface area contributed by atoms with Gasteiger partial charge in [-0.3, -0.25) is 0 Å². The largest absolute Gasteiger partial charge is 0.444 e. The molecule has 1 aromatic rings. The quantitative estimate of drug-likeness (QED) is 0.859. The van der Waals surface area contributed by atoms with Gasteiger partial charge in [0.15, 0.2) is 0 Å². The number of carbonyl (C=O) groups excluding carboxylic acids is 1. The molecule has 0 radical (unpaired) electrons. The second-order valence-electron chi connectivity index (χ2n) is 4.20. The molecule has 0 aromatic heterocycles. The van der Waals surface area contributed by atoms with E-state index in [0.717, 1.165) is 6.42 Å². The predicted octanol–water partition coefficient (Wildman–Crippen LogP) is 1.43. The number of amides is 1. The molecular formula is C13H17NO3. The molecule has 0 aliphatic carbocycles. The van der Waals surface area contributed by atoms with Crippen molar-refractivity contribution < 1.29 is 14.6 Å². The molecule has 4 heteroatoms. The zero-order valence-corrected chi connectivity index (χ0v) is 9.71. The molecule has 1 fully saturated rings. The molecule has 1 aliphatic rings. The Kier molecular flexibility index (Phi) is 3.98. The number of benzene rings is 1. The van der Waals surface area contributed by atoms with Crippen molar-refractivity contribution in [1.29, 1.82) is 0 Å². The minimum Gasteiger partial charge on any atom is -0.444 e. The van der Waals surface area contributed by atoms with Gasteiger partial charge in [0.25, 0.3) is 0 Å². The smallest absolute Gasteiger partial charge is 0.410 e. The van der Waals surface area contributed by atoms with E-state index in [1.54, 1.807) is 4.90 Å². The van der Waals surface area contributed by atoms with Gasteiger partial charge in [-0.25, -0.2) is 4.79 Å². The molecule has 1 aromatic carbocycles. The molecule has 17 heavy (non-hydrogen) atoms. The Morgan fingerprint density at radius 2 is 2.12 bits per heavy atom. The molecule has 1 unspecified atom stereocenters. The number of cyclic esters (lactones) is 1.